The standard InChI is InChI=1S/C14H21N5O2/c1-5-11(4)21-14(20)18-19(9-10(2)3)13-6-7-16-12(8-15)17-13/h6-7,10-11H,5,9H2,1-4H3,(H,18,20). The minimum atomic E-state index is -0.540. The molecule has 114 valence electrons. The highest BCUT2D eigenvalue weighted by Gasteiger charge is 2.16. The van der Waals surface area contributed by atoms with Gasteiger partial charge in [0.15, 0.2) is 5.82 Å². The monoisotopic (exact) mass is 291 g/mol. The second-order valence-electron chi connectivity index (χ2n) is 5.09. The zero-order valence-electron chi connectivity index (χ0n) is 12.8. The zero-order chi connectivity index (χ0) is 15.8. The maximum absolute atomic E-state index is 11.8. The molecule has 0 aliphatic carbocycles. The molecule has 0 saturated heterocycles. The van der Waals surface area contributed by atoms with Crippen molar-refractivity contribution in [2.24, 2.45) is 5.92 Å². The highest BCUT2D eigenvalue weighted by Crippen LogP contribution is 2.10. The Kier molecular flexibility index (Phi) is 6.40. The van der Waals surface area contributed by atoms with Crippen LogP contribution in [0.15, 0.2) is 12.3 Å². The van der Waals surface area contributed by atoms with Crippen molar-refractivity contribution < 1.29 is 9.53 Å². The average molecular weight is 291 g/mol. The molecule has 1 heterocycles. The van der Waals surface area contributed by atoms with Crippen molar-refractivity contribution in [3.63, 3.8) is 0 Å². The Bertz CT molecular complexity index is 512. The van der Waals surface area contributed by atoms with Crippen molar-refractivity contribution in [2.45, 2.75) is 40.2 Å². The summed E-state index contributed by atoms with van der Waals surface area (Å²) in [5.74, 6) is 0.795. The van der Waals surface area contributed by atoms with E-state index in [1.807, 2.05) is 33.8 Å². The fourth-order valence-corrected chi connectivity index (χ4v) is 1.52. The van der Waals surface area contributed by atoms with Crippen LogP contribution in [0.1, 0.15) is 39.9 Å². The number of nitriles is 1. The lowest BCUT2D eigenvalue weighted by molar-refractivity contribution is 0.104. The first-order chi connectivity index (χ1) is 9.96. The van der Waals surface area contributed by atoms with E-state index in [0.717, 1.165) is 6.42 Å². The molecule has 1 atom stereocenters. The predicted molar refractivity (Wildman–Crippen MR) is 78.3 cm³/mol. The van der Waals surface area contributed by atoms with Crippen LogP contribution in [-0.2, 0) is 4.74 Å². The quantitative estimate of drug-likeness (QED) is 0.808. The topological polar surface area (TPSA) is 91.1 Å². The molecule has 0 radical (unpaired) electrons. The van der Waals surface area contributed by atoms with E-state index in [1.54, 1.807) is 11.1 Å². The number of carbonyl (C=O) groups is 1. The van der Waals surface area contributed by atoms with Gasteiger partial charge in [-0.25, -0.2) is 15.2 Å². The summed E-state index contributed by atoms with van der Waals surface area (Å²) >= 11 is 0. The third-order valence-electron chi connectivity index (χ3n) is 2.67. The molecular formula is C14H21N5O2. The van der Waals surface area contributed by atoms with Crippen LogP contribution in [0, 0.1) is 17.2 Å². The fourth-order valence-electron chi connectivity index (χ4n) is 1.52. The van der Waals surface area contributed by atoms with E-state index in [9.17, 15) is 4.79 Å². The Morgan fingerprint density at radius 2 is 2.24 bits per heavy atom. The fraction of sp³-hybridized carbons (Fsp3) is 0.571. The summed E-state index contributed by atoms with van der Waals surface area (Å²) in [6, 6.07) is 3.51. The van der Waals surface area contributed by atoms with Crippen LogP contribution in [0.2, 0.25) is 0 Å². The van der Waals surface area contributed by atoms with Crippen molar-refractivity contribution in [1.29, 1.82) is 5.26 Å². The third-order valence-corrected chi connectivity index (χ3v) is 2.67. The highest BCUT2D eigenvalue weighted by atomic mass is 16.6. The molecule has 0 spiro atoms. The van der Waals surface area contributed by atoms with Crippen LogP contribution in [0.25, 0.3) is 0 Å². The largest absolute Gasteiger partial charge is 0.445 e. The Hall–Kier alpha value is -2.36. The molecule has 7 heteroatoms. The molecule has 0 aliphatic heterocycles. The van der Waals surface area contributed by atoms with Crippen molar-refractivity contribution in [3.05, 3.63) is 18.1 Å². The smallest absolute Gasteiger partial charge is 0.426 e. The van der Waals surface area contributed by atoms with Gasteiger partial charge < -0.3 is 4.74 Å². The molecule has 0 fully saturated rings. The van der Waals surface area contributed by atoms with E-state index in [0.29, 0.717) is 12.4 Å². The molecule has 0 saturated carbocycles. The van der Waals surface area contributed by atoms with Crippen LogP contribution < -0.4 is 10.4 Å². The van der Waals surface area contributed by atoms with E-state index in [-0.39, 0.29) is 17.8 Å². The molecule has 7 nitrogen and oxygen atoms in total. The predicted octanol–water partition coefficient (Wildman–Crippen LogP) is 2.25. The molecule has 1 unspecified atom stereocenters. The molecular weight excluding hydrogens is 270 g/mol. The van der Waals surface area contributed by atoms with E-state index < -0.39 is 6.09 Å². The molecule has 1 aromatic rings. The Morgan fingerprint density at radius 3 is 2.81 bits per heavy atom. The minimum absolute atomic E-state index is 0.0540. The SMILES string of the molecule is CCC(C)OC(=O)NN(CC(C)C)c1ccnc(C#N)n1. The number of nitrogens with zero attached hydrogens (tertiary/aromatic N) is 4. The maximum atomic E-state index is 11.8. The normalized spacial score (nSPS) is 11.6. The molecule has 1 rings (SSSR count). The molecule has 1 N–H and O–H groups in total. The molecule has 1 amide bonds. The number of nitrogens with one attached hydrogen (secondary N) is 1. The second kappa shape index (κ2) is 8.04. The number of rotatable bonds is 6. The van der Waals surface area contributed by atoms with E-state index in [1.165, 1.54) is 6.20 Å². The summed E-state index contributed by atoms with van der Waals surface area (Å²) < 4.78 is 5.19. The number of hydrazine groups is 1. The summed E-state index contributed by atoms with van der Waals surface area (Å²) in [4.78, 5) is 19.7. The van der Waals surface area contributed by atoms with E-state index in [2.05, 4.69) is 15.4 Å². The summed E-state index contributed by atoms with van der Waals surface area (Å²) in [7, 11) is 0. The van der Waals surface area contributed by atoms with Crippen LogP contribution in [0.5, 0.6) is 0 Å². The molecule has 0 bridgehead atoms. The van der Waals surface area contributed by atoms with Crippen LogP contribution in [0.3, 0.4) is 0 Å². The number of hydrogen-bond donors (Lipinski definition) is 1. The van der Waals surface area contributed by atoms with E-state index in [4.69, 9.17) is 10.00 Å². The summed E-state index contributed by atoms with van der Waals surface area (Å²) in [6.07, 6.45) is 1.52. The van der Waals surface area contributed by atoms with Crippen molar-refractivity contribution in [2.75, 3.05) is 11.6 Å². The first-order valence-electron chi connectivity index (χ1n) is 6.94. The maximum Gasteiger partial charge on any atom is 0.426 e. The van der Waals surface area contributed by atoms with Gasteiger partial charge in [0.25, 0.3) is 0 Å². The van der Waals surface area contributed by atoms with Crippen molar-refractivity contribution in [3.8, 4) is 6.07 Å². The molecule has 0 aromatic carbocycles. The number of hydrogen-bond acceptors (Lipinski definition) is 6. The molecule has 1 aromatic heterocycles. The lowest BCUT2D eigenvalue weighted by Gasteiger charge is -2.26. The van der Waals surface area contributed by atoms with Gasteiger partial charge in [-0.15, -0.1) is 0 Å². The molecule has 0 aliphatic rings. The number of ether oxygens (including phenoxy) is 1. The summed E-state index contributed by atoms with van der Waals surface area (Å²) in [6.45, 7) is 8.33. The van der Waals surface area contributed by atoms with Gasteiger partial charge in [-0.3, -0.25) is 5.01 Å². The van der Waals surface area contributed by atoms with Gasteiger partial charge >= 0.3 is 6.09 Å². The Labute approximate surface area is 124 Å². The number of amides is 1. The van der Waals surface area contributed by atoms with Gasteiger partial charge in [0.05, 0.1) is 0 Å². The Balaban J connectivity index is 2.85. The number of anilines is 1. The lowest BCUT2D eigenvalue weighted by Crippen LogP contribution is -2.46. The second-order valence-corrected chi connectivity index (χ2v) is 5.09. The number of aromatic nitrogens is 2. The summed E-state index contributed by atoms with van der Waals surface area (Å²) in [5, 5.41) is 10.4. The summed E-state index contributed by atoms with van der Waals surface area (Å²) in [5.41, 5.74) is 2.65. The van der Waals surface area contributed by atoms with Gasteiger partial charge in [0.1, 0.15) is 12.2 Å². The van der Waals surface area contributed by atoms with Crippen molar-refractivity contribution >= 4 is 11.9 Å². The van der Waals surface area contributed by atoms with E-state index >= 15 is 0 Å². The van der Waals surface area contributed by atoms with Crippen LogP contribution in [0.4, 0.5) is 10.6 Å². The Morgan fingerprint density at radius 1 is 1.52 bits per heavy atom. The lowest BCUT2D eigenvalue weighted by atomic mass is 10.2. The van der Waals surface area contributed by atoms with Crippen LogP contribution >= 0.6 is 0 Å². The van der Waals surface area contributed by atoms with Crippen LogP contribution in [-0.4, -0.2) is 28.7 Å². The third kappa shape index (κ3) is 5.65. The van der Waals surface area contributed by atoms with Gasteiger partial charge in [0.2, 0.25) is 5.82 Å². The van der Waals surface area contributed by atoms with Gasteiger partial charge in [-0.2, -0.15) is 10.2 Å². The first kappa shape index (κ1) is 16.7. The van der Waals surface area contributed by atoms with Gasteiger partial charge in [-0.1, -0.05) is 20.8 Å². The minimum Gasteiger partial charge on any atom is -0.445 e. The average Bonchev–Trinajstić information content (AvgIpc) is 2.45. The zero-order valence-corrected chi connectivity index (χ0v) is 12.8. The van der Waals surface area contributed by atoms with Crippen molar-refractivity contribution in [1.82, 2.24) is 15.4 Å². The van der Waals surface area contributed by atoms with Gasteiger partial charge in [-0.05, 0) is 19.3 Å². The first-order valence-corrected chi connectivity index (χ1v) is 6.94. The molecule has 21 heavy (non-hydrogen) atoms. The number of carbonyl (C=O) groups excluding carboxylic acids is 1. The highest BCUT2D eigenvalue weighted by molar-refractivity contribution is 5.69. The van der Waals surface area contributed by atoms with Gasteiger partial charge in [0, 0.05) is 18.8 Å².